The molecule has 0 aliphatic rings. The smallest absolute Gasteiger partial charge is 0.261 e. The summed E-state index contributed by atoms with van der Waals surface area (Å²) in [4.78, 5) is 26.6. The number of ether oxygens (including phenoxy) is 1. The van der Waals surface area contributed by atoms with Crippen molar-refractivity contribution in [3.05, 3.63) is 64.9 Å². The van der Waals surface area contributed by atoms with Crippen LogP contribution >= 0.6 is 11.6 Å². The monoisotopic (exact) mass is 406 g/mol. The van der Waals surface area contributed by atoms with E-state index in [1.54, 1.807) is 31.2 Å². The maximum absolute atomic E-state index is 13.7. The van der Waals surface area contributed by atoms with Crippen LogP contribution in [-0.4, -0.2) is 35.9 Å². The molecule has 1 atom stereocenters. The lowest BCUT2D eigenvalue weighted by Gasteiger charge is -2.29. The van der Waals surface area contributed by atoms with Gasteiger partial charge < -0.3 is 15.0 Å². The molecule has 1 N–H and O–H groups in total. The minimum absolute atomic E-state index is 0.0170. The van der Waals surface area contributed by atoms with Gasteiger partial charge in [0.05, 0.1) is 0 Å². The van der Waals surface area contributed by atoms with E-state index in [0.717, 1.165) is 6.42 Å². The maximum atomic E-state index is 13.7. The minimum atomic E-state index is -0.737. The van der Waals surface area contributed by atoms with Gasteiger partial charge in [0, 0.05) is 18.1 Å². The van der Waals surface area contributed by atoms with E-state index in [2.05, 4.69) is 5.32 Å². The van der Waals surface area contributed by atoms with Gasteiger partial charge in [-0.15, -0.1) is 0 Å². The van der Waals surface area contributed by atoms with Crippen LogP contribution in [-0.2, 0) is 16.1 Å². The first-order chi connectivity index (χ1) is 13.4. The lowest BCUT2D eigenvalue weighted by molar-refractivity contribution is -0.142. The molecule has 2 aromatic carbocycles. The third-order valence-corrected chi connectivity index (χ3v) is 4.57. The number of amides is 2. The summed E-state index contributed by atoms with van der Waals surface area (Å²) in [5.41, 5.74) is 0.707. The van der Waals surface area contributed by atoms with E-state index in [0.29, 0.717) is 17.1 Å². The van der Waals surface area contributed by atoms with E-state index in [9.17, 15) is 14.0 Å². The van der Waals surface area contributed by atoms with E-state index in [1.165, 1.54) is 23.1 Å². The van der Waals surface area contributed by atoms with Gasteiger partial charge in [0.2, 0.25) is 5.91 Å². The Balaban J connectivity index is 2.16. The van der Waals surface area contributed by atoms with Crippen molar-refractivity contribution in [2.45, 2.75) is 32.9 Å². The number of hydrogen-bond donors (Lipinski definition) is 1. The van der Waals surface area contributed by atoms with Crippen LogP contribution in [0.15, 0.2) is 48.5 Å². The molecule has 2 rings (SSSR count). The summed E-state index contributed by atoms with van der Waals surface area (Å²) >= 11 is 6.22. The lowest BCUT2D eigenvalue weighted by Crippen LogP contribution is -2.49. The van der Waals surface area contributed by atoms with Crippen LogP contribution in [0.4, 0.5) is 4.39 Å². The van der Waals surface area contributed by atoms with Gasteiger partial charge in [0.15, 0.2) is 18.2 Å². The third-order valence-electron chi connectivity index (χ3n) is 4.20. The predicted octanol–water partition coefficient (Wildman–Crippen LogP) is 3.80. The van der Waals surface area contributed by atoms with Gasteiger partial charge >= 0.3 is 0 Å². The zero-order valence-electron chi connectivity index (χ0n) is 16.0. The molecule has 2 amide bonds. The molecule has 0 unspecified atom stereocenters. The molecule has 7 heteroatoms. The van der Waals surface area contributed by atoms with Crippen molar-refractivity contribution in [1.82, 2.24) is 10.2 Å². The Bertz CT molecular complexity index is 816. The number of nitrogens with zero attached hydrogens (tertiary/aromatic N) is 1. The van der Waals surface area contributed by atoms with Crippen LogP contribution in [0.25, 0.3) is 0 Å². The van der Waals surface area contributed by atoms with Crippen LogP contribution in [0.2, 0.25) is 5.02 Å². The molecule has 0 aromatic heterocycles. The largest absolute Gasteiger partial charge is 0.481 e. The fraction of sp³-hybridized carbons (Fsp3) is 0.333. The first kappa shape index (κ1) is 21.7. The number of hydrogen-bond acceptors (Lipinski definition) is 3. The molecule has 0 aliphatic heterocycles. The average molecular weight is 407 g/mol. The molecule has 28 heavy (non-hydrogen) atoms. The molecule has 0 aliphatic carbocycles. The van der Waals surface area contributed by atoms with Crippen molar-refractivity contribution in [3.63, 3.8) is 0 Å². The molecule has 0 heterocycles. The Morgan fingerprint density at radius 1 is 1.18 bits per heavy atom. The Kier molecular flexibility index (Phi) is 8.26. The highest BCUT2D eigenvalue weighted by Gasteiger charge is 2.27. The molecule has 0 fully saturated rings. The molecule has 150 valence electrons. The second-order valence-corrected chi connectivity index (χ2v) is 6.71. The van der Waals surface area contributed by atoms with Crippen molar-refractivity contribution in [2.75, 3.05) is 13.2 Å². The van der Waals surface area contributed by atoms with Crippen LogP contribution < -0.4 is 10.1 Å². The first-order valence-electron chi connectivity index (χ1n) is 9.12. The summed E-state index contributed by atoms with van der Waals surface area (Å²) in [6.45, 7) is 3.85. The molecular weight excluding hydrogens is 383 g/mol. The zero-order valence-corrected chi connectivity index (χ0v) is 16.7. The highest BCUT2D eigenvalue weighted by Crippen LogP contribution is 2.20. The molecular formula is C21H24ClFN2O3. The number of benzene rings is 2. The fourth-order valence-electron chi connectivity index (χ4n) is 2.57. The standard InChI is InChI=1S/C21H24ClFN2O3/c1-3-12-24-21(27)15(2)25(13-16-8-4-5-9-17(16)22)20(26)14-28-19-11-7-6-10-18(19)23/h4-11,15H,3,12-14H2,1-2H3,(H,24,27)/t15-/m1/s1. The van der Waals surface area contributed by atoms with Crippen molar-refractivity contribution in [1.29, 1.82) is 0 Å². The fourth-order valence-corrected chi connectivity index (χ4v) is 2.77. The highest BCUT2D eigenvalue weighted by atomic mass is 35.5. The summed E-state index contributed by atoms with van der Waals surface area (Å²) in [6, 6.07) is 12.2. The quantitative estimate of drug-likeness (QED) is 0.689. The Morgan fingerprint density at radius 3 is 2.54 bits per heavy atom. The molecule has 2 aromatic rings. The van der Waals surface area contributed by atoms with Crippen molar-refractivity contribution >= 4 is 23.4 Å². The molecule has 0 radical (unpaired) electrons. The highest BCUT2D eigenvalue weighted by molar-refractivity contribution is 6.31. The third kappa shape index (κ3) is 5.96. The predicted molar refractivity (Wildman–Crippen MR) is 107 cm³/mol. The zero-order chi connectivity index (χ0) is 20.5. The first-order valence-corrected chi connectivity index (χ1v) is 9.49. The van der Waals surface area contributed by atoms with Gasteiger partial charge in [0.25, 0.3) is 5.91 Å². The van der Waals surface area contributed by atoms with Crippen molar-refractivity contribution in [2.24, 2.45) is 0 Å². The number of carbonyl (C=O) groups is 2. The lowest BCUT2D eigenvalue weighted by atomic mass is 10.1. The van der Waals surface area contributed by atoms with Crippen LogP contribution in [0, 0.1) is 5.82 Å². The van der Waals surface area contributed by atoms with E-state index in [-0.39, 0.29) is 18.2 Å². The molecule has 0 bridgehead atoms. The van der Waals surface area contributed by atoms with E-state index in [1.807, 2.05) is 13.0 Å². The van der Waals surface area contributed by atoms with E-state index < -0.39 is 24.4 Å². The summed E-state index contributed by atoms with van der Waals surface area (Å²) in [7, 11) is 0. The Morgan fingerprint density at radius 2 is 1.86 bits per heavy atom. The Labute approximate surface area is 169 Å². The molecule has 5 nitrogen and oxygen atoms in total. The average Bonchev–Trinajstić information content (AvgIpc) is 2.70. The summed E-state index contributed by atoms with van der Waals surface area (Å²) < 4.78 is 19.1. The number of halogens is 2. The van der Waals surface area contributed by atoms with Crippen molar-refractivity contribution < 1.29 is 18.7 Å². The number of para-hydroxylation sites is 1. The molecule has 0 spiro atoms. The van der Waals surface area contributed by atoms with E-state index >= 15 is 0 Å². The van der Waals surface area contributed by atoms with Gasteiger partial charge in [-0.1, -0.05) is 48.9 Å². The topological polar surface area (TPSA) is 58.6 Å². The van der Waals surface area contributed by atoms with Gasteiger partial charge in [-0.25, -0.2) is 4.39 Å². The van der Waals surface area contributed by atoms with E-state index in [4.69, 9.17) is 16.3 Å². The summed E-state index contributed by atoms with van der Waals surface area (Å²) in [5, 5.41) is 3.28. The second-order valence-electron chi connectivity index (χ2n) is 6.30. The number of nitrogens with one attached hydrogen (secondary N) is 1. The summed E-state index contributed by atoms with van der Waals surface area (Å²) in [5.74, 6) is -1.28. The molecule has 0 saturated heterocycles. The van der Waals surface area contributed by atoms with Crippen molar-refractivity contribution in [3.8, 4) is 5.75 Å². The number of rotatable bonds is 9. The SMILES string of the molecule is CCCNC(=O)[C@@H](C)N(Cc1ccccc1Cl)C(=O)COc1ccccc1F. The number of carbonyl (C=O) groups excluding carboxylic acids is 2. The molecule has 0 saturated carbocycles. The van der Waals surface area contributed by atoms with Gasteiger partial charge in [-0.3, -0.25) is 9.59 Å². The second kappa shape index (κ2) is 10.7. The van der Waals surface area contributed by atoms with Crippen LogP contribution in [0.5, 0.6) is 5.75 Å². The van der Waals surface area contributed by atoms with Gasteiger partial charge in [-0.2, -0.15) is 0 Å². The Hall–Kier alpha value is -2.60. The maximum Gasteiger partial charge on any atom is 0.261 e. The van der Waals surface area contributed by atoms with Crippen LogP contribution in [0.3, 0.4) is 0 Å². The van der Waals surface area contributed by atoms with Crippen LogP contribution in [0.1, 0.15) is 25.8 Å². The summed E-state index contributed by atoms with van der Waals surface area (Å²) in [6.07, 6.45) is 0.785. The minimum Gasteiger partial charge on any atom is -0.481 e. The van der Waals surface area contributed by atoms with Gasteiger partial charge in [-0.05, 0) is 37.1 Å². The van der Waals surface area contributed by atoms with Gasteiger partial charge in [0.1, 0.15) is 6.04 Å². The normalized spacial score (nSPS) is 11.6.